The minimum absolute atomic E-state index is 0.107. The van der Waals surface area contributed by atoms with E-state index in [1.165, 1.54) is 225 Å². The molecule has 606 valence electrons. The van der Waals surface area contributed by atoms with E-state index in [2.05, 4.69) is 55.4 Å². The summed E-state index contributed by atoms with van der Waals surface area (Å²) in [6, 6.07) is 0. The van der Waals surface area contributed by atoms with E-state index >= 15 is 0 Å². The highest BCUT2D eigenvalue weighted by atomic mass is 31.2. The summed E-state index contributed by atoms with van der Waals surface area (Å²) in [5.41, 5.74) is 0. The first-order chi connectivity index (χ1) is 49.2. The Hall–Kier alpha value is -1.94. The largest absolute Gasteiger partial charge is 0.472 e. The molecule has 102 heavy (non-hydrogen) atoms. The molecule has 0 aliphatic carbocycles. The molecule has 0 aliphatic heterocycles. The molecule has 0 aromatic heterocycles. The van der Waals surface area contributed by atoms with E-state index < -0.39 is 97.5 Å². The van der Waals surface area contributed by atoms with Crippen LogP contribution in [0, 0.1) is 23.7 Å². The lowest BCUT2D eigenvalue weighted by atomic mass is 9.99. The topological polar surface area (TPSA) is 237 Å². The zero-order valence-corrected chi connectivity index (χ0v) is 69.0. The fourth-order valence-corrected chi connectivity index (χ4v) is 14.3. The summed E-state index contributed by atoms with van der Waals surface area (Å²) in [5, 5.41) is 10.7. The van der Waals surface area contributed by atoms with Crippen LogP contribution < -0.4 is 0 Å². The van der Waals surface area contributed by atoms with Gasteiger partial charge in [0, 0.05) is 25.7 Å². The van der Waals surface area contributed by atoms with Crippen LogP contribution in [-0.2, 0) is 65.4 Å². The Kier molecular flexibility index (Phi) is 70.6. The molecule has 17 nitrogen and oxygen atoms in total. The summed E-state index contributed by atoms with van der Waals surface area (Å²) >= 11 is 0. The van der Waals surface area contributed by atoms with Crippen LogP contribution in [0.5, 0.6) is 0 Å². The van der Waals surface area contributed by atoms with Gasteiger partial charge in [0.15, 0.2) is 12.2 Å². The first-order valence-electron chi connectivity index (χ1n) is 42.8. The van der Waals surface area contributed by atoms with Crippen LogP contribution >= 0.6 is 15.6 Å². The smallest absolute Gasteiger partial charge is 0.462 e. The number of hydrogen-bond acceptors (Lipinski definition) is 15. The SMILES string of the molecule is CCC(C)CCCCCCCCCCCCCCCCC(=O)O[C@H](COC(=O)CCCCCCCCCCCCC(C)C)COP(=O)(O)OC[C@@H](O)COP(=O)(O)OC[C@@H](COC(=O)CCCCCCCCC(C)CC)OC(=O)CCCCCCCCCCCCCCCCCCCCC(C)C. The van der Waals surface area contributed by atoms with Crippen molar-refractivity contribution < 1.29 is 80.2 Å². The van der Waals surface area contributed by atoms with Crippen molar-refractivity contribution in [1.82, 2.24) is 0 Å². The van der Waals surface area contributed by atoms with Gasteiger partial charge in [0.2, 0.25) is 0 Å². The second kappa shape index (κ2) is 72.0. The summed E-state index contributed by atoms with van der Waals surface area (Å²) < 4.78 is 68.8. The fraction of sp³-hybridized carbons (Fsp3) is 0.952. The third kappa shape index (κ3) is 73.6. The molecule has 0 saturated carbocycles. The predicted molar refractivity (Wildman–Crippen MR) is 418 cm³/mol. The molecule has 0 saturated heterocycles. The zero-order chi connectivity index (χ0) is 75.3. The van der Waals surface area contributed by atoms with Crippen LogP contribution in [0.25, 0.3) is 0 Å². The van der Waals surface area contributed by atoms with E-state index in [1.807, 2.05) is 0 Å². The Bertz CT molecular complexity index is 1990. The molecule has 4 unspecified atom stereocenters. The number of ether oxygens (including phenoxy) is 4. The minimum atomic E-state index is -4.96. The average molecular weight is 1490 g/mol. The van der Waals surface area contributed by atoms with Crippen LogP contribution in [0.2, 0.25) is 0 Å². The van der Waals surface area contributed by atoms with Gasteiger partial charge >= 0.3 is 39.5 Å². The van der Waals surface area contributed by atoms with E-state index in [0.29, 0.717) is 25.7 Å². The number of aliphatic hydroxyl groups excluding tert-OH is 1. The molecular formula is C83H162O17P2. The van der Waals surface area contributed by atoms with E-state index in [-0.39, 0.29) is 25.7 Å². The summed E-state index contributed by atoms with van der Waals surface area (Å²) in [7, 11) is -9.92. The molecule has 0 amide bonds. The lowest BCUT2D eigenvalue weighted by Gasteiger charge is -2.21. The van der Waals surface area contributed by atoms with Crippen molar-refractivity contribution in [1.29, 1.82) is 0 Å². The molecule has 19 heteroatoms. The van der Waals surface area contributed by atoms with Gasteiger partial charge in [0.25, 0.3) is 0 Å². The molecule has 7 atom stereocenters. The molecule has 0 fully saturated rings. The number of phosphoric acid groups is 2. The van der Waals surface area contributed by atoms with Crippen molar-refractivity contribution in [3.05, 3.63) is 0 Å². The van der Waals surface area contributed by atoms with E-state index in [4.69, 9.17) is 37.0 Å². The number of esters is 4. The maximum Gasteiger partial charge on any atom is 0.472 e. The molecule has 0 aliphatic rings. The highest BCUT2D eigenvalue weighted by molar-refractivity contribution is 7.47. The van der Waals surface area contributed by atoms with Crippen LogP contribution in [0.15, 0.2) is 0 Å². The molecule has 0 aromatic rings. The third-order valence-corrected chi connectivity index (χ3v) is 21.9. The number of unbranched alkanes of at least 4 members (excludes halogenated alkanes) is 44. The molecule has 0 heterocycles. The van der Waals surface area contributed by atoms with Crippen molar-refractivity contribution in [2.24, 2.45) is 23.7 Å². The van der Waals surface area contributed by atoms with Gasteiger partial charge in [-0.3, -0.25) is 37.3 Å². The number of rotatable bonds is 80. The highest BCUT2D eigenvalue weighted by Gasteiger charge is 2.30. The zero-order valence-electron chi connectivity index (χ0n) is 67.2. The van der Waals surface area contributed by atoms with Gasteiger partial charge < -0.3 is 33.8 Å². The van der Waals surface area contributed by atoms with E-state index in [9.17, 15) is 43.2 Å². The molecule has 0 aromatic carbocycles. The molecule has 0 spiro atoms. The number of aliphatic hydroxyl groups is 1. The molecule has 0 radical (unpaired) electrons. The number of carbonyl (C=O) groups excluding carboxylic acids is 4. The summed E-state index contributed by atoms with van der Waals surface area (Å²) in [6.45, 7) is 14.3. The molecule has 0 bridgehead atoms. The van der Waals surface area contributed by atoms with Crippen LogP contribution in [0.1, 0.15) is 428 Å². The molecular weight excluding hydrogens is 1330 g/mol. The van der Waals surface area contributed by atoms with Gasteiger partial charge in [-0.1, -0.05) is 376 Å². The lowest BCUT2D eigenvalue weighted by molar-refractivity contribution is -0.161. The van der Waals surface area contributed by atoms with Gasteiger partial charge in [-0.25, -0.2) is 9.13 Å². The van der Waals surface area contributed by atoms with Gasteiger partial charge in [-0.2, -0.15) is 0 Å². The van der Waals surface area contributed by atoms with Gasteiger partial charge in [-0.15, -0.1) is 0 Å². The second-order valence-electron chi connectivity index (χ2n) is 31.3. The van der Waals surface area contributed by atoms with Crippen molar-refractivity contribution in [2.45, 2.75) is 446 Å². The van der Waals surface area contributed by atoms with Crippen LogP contribution in [-0.4, -0.2) is 96.7 Å². The van der Waals surface area contributed by atoms with Crippen molar-refractivity contribution in [3.8, 4) is 0 Å². The van der Waals surface area contributed by atoms with Crippen molar-refractivity contribution in [3.63, 3.8) is 0 Å². The minimum Gasteiger partial charge on any atom is -0.462 e. The summed E-state index contributed by atoms with van der Waals surface area (Å²) in [4.78, 5) is 73.1. The van der Waals surface area contributed by atoms with E-state index in [1.54, 1.807) is 0 Å². The van der Waals surface area contributed by atoms with Crippen LogP contribution in [0.4, 0.5) is 0 Å². The predicted octanol–water partition coefficient (Wildman–Crippen LogP) is 24.8. The summed E-state index contributed by atoms with van der Waals surface area (Å²) in [6.07, 6.45) is 59.7. The number of phosphoric ester groups is 2. The quantitative estimate of drug-likeness (QED) is 0.0222. The third-order valence-electron chi connectivity index (χ3n) is 20.0. The Morgan fingerprint density at radius 3 is 0.696 bits per heavy atom. The second-order valence-corrected chi connectivity index (χ2v) is 34.2. The van der Waals surface area contributed by atoms with Gasteiger partial charge in [-0.05, 0) is 49.4 Å². The Labute approximate surface area is 626 Å². The van der Waals surface area contributed by atoms with Crippen molar-refractivity contribution in [2.75, 3.05) is 39.6 Å². The lowest BCUT2D eigenvalue weighted by Crippen LogP contribution is -2.30. The normalized spacial score (nSPS) is 14.5. The van der Waals surface area contributed by atoms with Gasteiger partial charge in [0.05, 0.1) is 26.4 Å². The standard InChI is InChI=1S/C83H162O17P2/c1-9-75(7)61-53-45-37-31-24-20-17-18-22-26-34-40-50-58-65-82(87)99-78(69-93-80(85)63-55-47-38-32-28-27-30-36-44-52-60-74(5)6)71-97-101(89,90)95-67-77(84)68-96-102(91,92)98-72-79(70-94-81(86)64-56-48-42-41-46-54-62-76(8)10-2)100-83(88)66-57-49-39-33-25-21-16-14-12-11-13-15-19-23-29-35-43-51-59-73(3)4/h73-79,84H,9-72H2,1-8H3,(H,89,90)(H,91,92)/t75?,76?,77-,78-,79-/m1/s1. The van der Waals surface area contributed by atoms with Crippen molar-refractivity contribution >= 4 is 39.5 Å². The van der Waals surface area contributed by atoms with Crippen LogP contribution in [0.3, 0.4) is 0 Å². The monoisotopic (exact) mass is 1490 g/mol. The maximum absolute atomic E-state index is 13.1. The first-order valence-corrected chi connectivity index (χ1v) is 45.8. The fourth-order valence-electron chi connectivity index (χ4n) is 12.7. The highest BCUT2D eigenvalue weighted by Crippen LogP contribution is 2.45. The maximum atomic E-state index is 13.1. The molecule has 3 N–H and O–H groups in total. The number of hydrogen-bond donors (Lipinski definition) is 3. The summed E-state index contributed by atoms with van der Waals surface area (Å²) in [5.74, 6) is 1.04. The Morgan fingerprint density at radius 2 is 0.471 bits per heavy atom. The Morgan fingerprint density at radius 1 is 0.275 bits per heavy atom. The first kappa shape index (κ1) is 100. The van der Waals surface area contributed by atoms with E-state index in [0.717, 1.165) is 120 Å². The average Bonchev–Trinajstić information content (AvgIpc) is 0.906. The van der Waals surface area contributed by atoms with Gasteiger partial charge in [0.1, 0.15) is 19.3 Å². The number of carbonyl (C=O) groups is 4. The molecule has 0 rings (SSSR count). The Balaban J connectivity index is 5.21.